The highest BCUT2D eigenvalue weighted by atomic mass is 16.3. The number of furan rings is 1. The van der Waals surface area contributed by atoms with Gasteiger partial charge < -0.3 is 9.32 Å². The van der Waals surface area contributed by atoms with Crippen molar-refractivity contribution >= 4 is 39.0 Å². The molecule has 0 aliphatic rings. The van der Waals surface area contributed by atoms with Gasteiger partial charge in [0.15, 0.2) is 0 Å². The van der Waals surface area contributed by atoms with E-state index >= 15 is 0 Å². The van der Waals surface area contributed by atoms with Crippen molar-refractivity contribution in [3.05, 3.63) is 170 Å². The zero-order chi connectivity index (χ0) is 29.3. The second-order valence-corrected chi connectivity index (χ2v) is 10.9. The summed E-state index contributed by atoms with van der Waals surface area (Å²) >= 11 is 0. The predicted molar refractivity (Wildman–Crippen MR) is 183 cm³/mol. The minimum Gasteiger partial charge on any atom is -0.456 e. The van der Waals surface area contributed by atoms with Gasteiger partial charge in [-0.15, -0.1) is 0 Å². The normalized spacial score (nSPS) is 11.2. The molecule has 8 aromatic rings. The van der Waals surface area contributed by atoms with Crippen LogP contribution in [0, 0.1) is 0 Å². The summed E-state index contributed by atoms with van der Waals surface area (Å²) in [6.07, 6.45) is 3.63. The van der Waals surface area contributed by atoms with Crippen LogP contribution in [0.2, 0.25) is 0 Å². The van der Waals surface area contributed by atoms with Gasteiger partial charge >= 0.3 is 0 Å². The molecule has 3 heteroatoms. The lowest BCUT2D eigenvalue weighted by molar-refractivity contribution is 0.668. The van der Waals surface area contributed by atoms with Gasteiger partial charge in [0.2, 0.25) is 0 Å². The zero-order valence-corrected chi connectivity index (χ0v) is 24.0. The van der Waals surface area contributed by atoms with Crippen LogP contribution >= 0.6 is 0 Å². The van der Waals surface area contributed by atoms with Crippen LogP contribution in [0.15, 0.2) is 175 Å². The number of rotatable bonds is 6. The maximum atomic E-state index is 6.24. The molecule has 0 saturated carbocycles. The minimum absolute atomic E-state index is 0.839. The van der Waals surface area contributed by atoms with Crippen LogP contribution in [-0.4, -0.2) is 4.98 Å². The topological polar surface area (TPSA) is 29.3 Å². The van der Waals surface area contributed by atoms with Gasteiger partial charge in [-0.2, -0.15) is 0 Å². The van der Waals surface area contributed by atoms with Gasteiger partial charge in [0.25, 0.3) is 0 Å². The first-order chi connectivity index (χ1) is 21.8. The van der Waals surface area contributed by atoms with Crippen LogP contribution in [0.4, 0.5) is 17.1 Å². The second-order valence-electron chi connectivity index (χ2n) is 10.9. The van der Waals surface area contributed by atoms with E-state index in [1.165, 1.54) is 33.4 Å². The van der Waals surface area contributed by atoms with Gasteiger partial charge in [0.1, 0.15) is 11.2 Å². The van der Waals surface area contributed by atoms with Crippen LogP contribution in [-0.2, 0) is 0 Å². The fourth-order valence-corrected chi connectivity index (χ4v) is 5.92. The van der Waals surface area contributed by atoms with Crippen molar-refractivity contribution in [2.45, 2.75) is 0 Å². The molecule has 208 valence electrons. The fourth-order valence-electron chi connectivity index (χ4n) is 5.92. The summed E-state index contributed by atoms with van der Waals surface area (Å²) in [4.78, 5) is 6.58. The highest BCUT2D eigenvalue weighted by molar-refractivity contribution is 6.05. The Hall–Kier alpha value is -5.93. The van der Waals surface area contributed by atoms with Crippen molar-refractivity contribution in [3.8, 4) is 33.4 Å². The average Bonchev–Trinajstić information content (AvgIpc) is 3.48. The van der Waals surface area contributed by atoms with Crippen LogP contribution in [0.3, 0.4) is 0 Å². The monoisotopic (exact) mass is 564 g/mol. The highest BCUT2D eigenvalue weighted by Crippen LogP contribution is 2.39. The smallest absolute Gasteiger partial charge is 0.138 e. The molecular weight excluding hydrogens is 536 g/mol. The van der Waals surface area contributed by atoms with Gasteiger partial charge in [-0.05, 0) is 75.8 Å². The lowest BCUT2D eigenvalue weighted by atomic mass is 10.00. The summed E-state index contributed by atoms with van der Waals surface area (Å²) in [5, 5.41) is 2.08. The molecule has 0 aliphatic heterocycles. The first-order valence-corrected chi connectivity index (χ1v) is 14.8. The molecule has 44 heavy (non-hydrogen) atoms. The molecule has 0 unspecified atom stereocenters. The molecule has 0 saturated heterocycles. The van der Waals surface area contributed by atoms with E-state index in [-0.39, 0.29) is 0 Å². The summed E-state index contributed by atoms with van der Waals surface area (Å²) in [7, 11) is 0. The van der Waals surface area contributed by atoms with Crippen molar-refractivity contribution < 1.29 is 4.42 Å². The summed E-state index contributed by atoms with van der Waals surface area (Å²) in [6, 6.07) is 55.6. The Bertz CT molecular complexity index is 2180. The van der Waals surface area contributed by atoms with Crippen molar-refractivity contribution in [1.82, 2.24) is 4.98 Å². The third-order valence-electron chi connectivity index (χ3n) is 8.20. The second kappa shape index (κ2) is 11.0. The molecule has 3 nitrogen and oxygen atoms in total. The molecule has 6 aromatic carbocycles. The number of aromatic nitrogens is 1. The van der Waals surface area contributed by atoms with Crippen molar-refractivity contribution in [2.75, 3.05) is 4.90 Å². The molecule has 8 rings (SSSR count). The van der Waals surface area contributed by atoms with E-state index < -0.39 is 0 Å². The van der Waals surface area contributed by atoms with E-state index in [0.717, 1.165) is 39.0 Å². The Balaban J connectivity index is 1.18. The average molecular weight is 565 g/mol. The Morgan fingerprint density at radius 2 is 0.841 bits per heavy atom. The van der Waals surface area contributed by atoms with E-state index in [4.69, 9.17) is 4.42 Å². The Morgan fingerprint density at radius 3 is 1.36 bits per heavy atom. The number of hydrogen-bond acceptors (Lipinski definition) is 3. The summed E-state index contributed by atoms with van der Waals surface area (Å²) in [6.45, 7) is 0. The molecular formula is C41H28N2O. The summed E-state index contributed by atoms with van der Waals surface area (Å²) in [5.41, 5.74) is 12.0. The molecule has 0 radical (unpaired) electrons. The molecule has 0 fully saturated rings. The van der Waals surface area contributed by atoms with Gasteiger partial charge in [-0.25, -0.2) is 0 Å². The van der Waals surface area contributed by atoms with E-state index in [1.807, 2.05) is 24.4 Å². The maximum absolute atomic E-state index is 6.24. The molecule has 0 amide bonds. The van der Waals surface area contributed by atoms with Gasteiger partial charge in [-0.3, -0.25) is 4.98 Å². The van der Waals surface area contributed by atoms with E-state index in [2.05, 4.69) is 149 Å². The number of nitrogens with zero attached hydrogens (tertiary/aromatic N) is 2. The summed E-state index contributed by atoms with van der Waals surface area (Å²) in [5.74, 6) is 0. The van der Waals surface area contributed by atoms with E-state index in [9.17, 15) is 0 Å². The largest absolute Gasteiger partial charge is 0.456 e. The molecule has 0 N–H and O–H groups in total. The lowest BCUT2D eigenvalue weighted by Crippen LogP contribution is -2.09. The predicted octanol–water partition coefficient (Wildman–Crippen LogP) is 11.5. The first kappa shape index (κ1) is 25.8. The first-order valence-electron chi connectivity index (χ1n) is 14.8. The molecule has 2 heterocycles. The fraction of sp³-hybridized carbons (Fsp3) is 0. The maximum Gasteiger partial charge on any atom is 0.138 e. The number of fused-ring (bicyclic) bond motifs is 3. The summed E-state index contributed by atoms with van der Waals surface area (Å²) < 4.78 is 6.24. The van der Waals surface area contributed by atoms with E-state index in [0.29, 0.717) is 0 Å². The van der Waals surface area contributed by atoms with Crippen molar-refractivity contribution in [2.24, 2.45) is 0 Å². The minimum atomic E-state index is 0.839. The molecule has 0 aliphatic carbocycles. The Labute approximate surface area is 256 Å². The molecule has 0 atom stereocenters. The van der Waals surface area contributed by atoms with Crippen LogP contribution in [0.5, 0.6) is 0 Å². The zero-order valence-electron chi connectivity index (χ0n) is 24.0. The van der Waals surface area contributed by atoms with Crippen LogP contribution in [0.25, 0.3) is 55.3 Å². The van der Waals surface area contributed by atoms with Crippen molar-refractivity contribution in [1.29, 1.82) is 0 Å². The van der Waals surface area contributed by atoms with Crippen LogP contribution < -0.4 is 4.90 Å². The Morgan fingerprint density at radius 1 is 0.386 bits per heavy atom. The standard InChI is InChI=1S/C41H28N2O/c1-3-7-29(8-4-1)31-11-13-32(14-12-31)34-17-21-36(22-18-34)43(35-19-15-33(16-20-35)30-9-5-2-6-10-30)37-23-24-38-39-28-42-26-25-40(39)44-41(38)27-37/h1-28H. The molecule has 2 aromatic heterocycles. The molecule has 0 bridgehead atoms. The van der Waals surface area contributed by atoms with Gasteiger partial charge in [-0.1, -0.05) is 109 Å². The van der Waals surface area contributed by atoms with Gasteiger partial charge in [0.05, 0.1) is 0 Å². The number of anilines is 3. The number of pyridine rings is 1. The number of benzene rings is 6. The SMILES string of the molecule is c1ccc(-c2ccc(-c3ccc(N(c4ccc(-c5ccccc5)cc4)c4ccc5c(c4)oc4ccncc45)cc3)cc2)cc1. The van der Waals surface area contributed by atoms with Gasteiger partial charge in [0, 0.05) is 46.3 Å². The quantitative estimate of drug-likeness (QED) is 0.201. The Kier molecular flexibility index (Phi) is 6.47. The van der Waals surface area contributed by atoms with Crippen molar-refractivity contribution in [3.63, 3.8) is 0 Å². The third kappa shape index (κ3) is 4.81. The molecule has 0 spiro atoms. The van der Waals surface area contributed by atoms with E-state index in [1.54, 1.807) is 6.20 Å². The third-order valence-corrected chi connectivity index (χ3v) is 8.20. The lowest BCUT2D eigenvalue weighted by Gasteiger charge is -2.26. The number of hydrogen-bond donors (Lipinski definition) is 0. The highest BCUT2D eigenvalue weighted by Gasteiger charge is 2.16. The van der Waals surface area contributed by atoms with Crippen LogP contribution in [0.1, 0.15) is 0 Å².